The van der Waals surface area contributed by atoms with Crippen molar-refractivity contribution >= 4 is 61.8 Å². The molecule has 0 spiro atoms. The largest absolute Gasteiger partial charge is 0.320 e. The van der Waals surface area contributed by atoms with Gasteiger partial charge in [-0.1, -0.05) is 0 Å². The second kappa shape index (κ2) is 5.15. The number of carbonyl (C=O) groups excluding carboxylic acids is 2. The summed E-state index contributed by atoms with van der Waals surface area (Å²) in [6.45, 7) is 2.01. The highest BCUT2D eigenvalue weighted by Gasteiger charge is 2.44. The maximum absolute atomic E-state index is 12.7. The Balaban J connectivity index is 1.96. The van der Waals surface area contributed by atoms with E-state index < -0.39 is 0 Å². The van der Waals surface area contributed by atoms with Crippen molar-refractivity contribution in [1.29, 1.82) is 0 Å². The van der Waals surface area contributed by atoms with Crippen LogP contribution >= 0.6 is 38.6 Å². The summed E-state index contributed by atoms with van der Waals surface area (Å²) in [5, 5.41) is 2.87. The van der Waals surface area contributed by atoms with Crippen molar-refractivity contribution in [2.24, 2.45) is 0 Å². The van der Waals surface area contributed by atoms with Crippen molar-refractivity contribution in [3.05, 3.63) is 53.8 Å². The number of halogens is 1. The van der Waals surface area contributed by atoms with Crippen LogP contribution in [0.5, 0.6) is 0 Å². The van der Waals surface area contributed by atoms with Crippen LogP contribution in [0.3, 0.4) is 0 Å². The van der Waals surface area contributed by atoms with Crippen molar-refractivity contribution in [2.75, 3.05) is 7.05 Å². The van der Waals surface area contributed by atoms with Crippen molar-refractivity contribution < 1.29 is 9.59 Å². The van der Waals surface area contributed by atoms with E-state index >= 15 is 0 Å². The van der Waals surface area contributed by atoms with E-state index in [1.807, 2.05) is 31.2 Å². The highest BCUT2D eigenvalue weighted by Crippen LogP contribution is 2.44. The first-order valence-electron chi connectivity index (χ1n) is 6.88. The number of thiophene rings is 2. The van der Waals surface area contributed by atoms with Gasteiger partial charge in [-0.25, -0.2) is 0 Å². The van der Waals surface area contributed by atoms with E-state index in [1.54, 1.807) is 23.3 Å². The molecular formula is C16H11BrN2O2S2. The van der Waals surface area contributed by atoms with Crippen LogP contribution in [0.2, 0.25) is 0 Å². The van der Waals surface area contributed by atoms with Gasteiger partial charge in [0.1, 0.15) is 0 Å². The summed E-state index contributed by atoms with van der Waals surface area (Å²) < 4.78 is 0.959. The van der Waals surface area contributed by atoms with E-state index in [4.69, 9.17) is 0 Å². The first kappa shape index (κ1) is 14.9. The van der Waals surface area contributed by atoms with Crippen LogP contribution in [-0.4, -0.2) is 23.8 Å². The zero-order valence-electron chi connectivity index (χ0n) is 12.3. The predicted octanol–water partition coefficient (Wildman–Crippen LogP) is 3.60. The Morgan fingerprint density at radius 2 is 1.78 bits per heavy atom. The molecule has 0 radical (unpaired) electrons. The van der Waals surface area contributed by atoms with Gasteiger partial charge in [-0.3, -0.25) is 9.59 Å². The summed E-state index contributed by atoms with van der Waals surface area (Å²) in [6.07, 6.45) is 0. The van der Waals surface area contributed by atoms with Crippen molar-refractivity contribution in [3.63, 3.8) is 0 Å². The summed E-state index contributed by atoms with van der Waals surface area (Å²) in [7, 11) is 1.72. The molecule has 2 aliphatic rings. The van der Waals surface area contributed by atoms with E-state index in [9.17, 15) is 9.59 Å². The molecule has 2 aromatic rings. The summed E-state index contributed by atoms with van der Waals surface area (Å²) in [4.78, 5) is 29.8. The molecule has 23 heavy (non-hydrogen) atoms. The molecule has 0 fully saturated rings. The van der Waals surface area contributed by atoms with Crippen molar-refractivity contribution in [1.82, 2.24) is 10.2 Å². The van der Waals surface area contributed by atoms with Crippen LogP contribution in [0.4, 0.5) is 0 Å². The van der Waals surface area contributed by atoms with Gasteiger partial charge < -0.3 is 10.2 Å². The molecule has 0 atom stereocenters. The molecule has 2 aliphatic heterocycles. The Morgan fingerprint density at radius 1 is 1.04 bits per heavy atom. The fourth-order valence-corrected chi connectivity index (χ4v) is 5.19. The van der Waals surface area contributed by atoms with Crippen molar-refractivity contribution in [3.8, 4) is 0 Å². The summed E-state index contributed by atoms with van der Waals surface area (Å²) in [5.74, 6) is -0.350. The molecule has 116 valence electrons. The van der Waals surface area contributed by atoms with Crippen LogP contribution in [-0.2, 0) is 9.59 Å². The van der Waals surface area contributed by atoms with Crippen LogP contribution in [0.1, 0.15) is 14.6 Å². The Hall–Kier alpha value is -1.70. The Bertz CT molecular complexity index is 936. The zero-order chi connectivity index (χ0) is 16.3. The minimum Gasteiger partial charge on any atom is -0.320 e. The molecular weight excluding hydrogens is 396 g/mol. The predicted molar refractivity (Wildman–Crippen MR) is 95.8 cm³/mol. The fraction of sp³-hybridized carbons (Fsp3) is 0.125. The third-order valence-corrected chi connectivity index (χ3v) is 6.50. The number of nitrogens with one attached hydrogen (secondary N) is 1. The number of hydrogen-bond acceptors (Lipinski definition) is 4. The molecule has 1 N–H and O–H groups in total. The Kier molecular flexibility index (Phi) is 3.33. The maximum Gasteiger partial charge on any atom is 0.261 e. The number of amides is 2. The lowest BCUT2D eigenvalue weighted by molar-refractivity contribution is -0.122. The highest BCUT2D eigenvalue weighted by molar-refractivity contribution is 9.11. The smallest absolute Gasteiger partial charge is 0.261 e. The molecule has 0 aliphatic carbocycles. The lowest BCUT2D eigenvalue weighted by Gasteiger charge is -2.14. The van der Waals surface area contributed by atoms with Crippen LogP contribution < -0.4 is 5.32 Å². The molecule has 4 heterocycles. The van der Waals surface area contributed by atoms with Gasteiger partial charge in [-0.15, -0.1) is 22.7 Å². The molecule has 0 unspecified atom stereocenters. The number of rotatable bonds is 2. The van der Waals surface area contributed by atoms with Crippen molar-refractivity contribution in [2.45, 2.75) is 6.92 Å². The first-order chi connectivity index (χ1) is 11.0. The average molecular weight is 407 g/mol. The molecule has 0 aromatic carbocycles. The van der Waals surface area contributed by atoms with Gasteiger partial charge >= 0.3 is 0 Å². The number of aryl methyl sites for hydroxylation is 1. The Labute approximate surface area is 149 Å². The van der Waals surface area contributed by atoms with Crippen LogP contribution in [0.25, 0.3) is 11.4 Å². The number of hydrogen-bond donors (Lipinski definition) is 1. The second-order valence-corrected chi connectivity index (χ2v) is 9.06. The van der Waals surface area contributed by atoms with Gasteiger partial charge in [-0.2, -0.15) is 0 Å². The SMILES string of the molecule is Cc1ccc(C2=C3C(=O)NC(c4ccc(Br)s4)=C3C(=O)N2C)s1. The first-order valence-corrected chi connectivity index (χ1v) is 9.31. The quantitative estimate of drug-likeness (QED) is 0.827. The van der Waals surface area contributed by atoms with Gasteiger partial charge in [-0.05, 0) is 47.1 Å². The molecule has 4 nitrogen and oxygen atoms in total. The highest BCUT2D eigenvalue weighted by atomic mass is 79.9. The van der Waals surface area contributed by atoms with Gasteiger partial charge in [0.25, 0.3) is 11.8 Å². The molecule has 0 bridgehead atoms. The minimum absolute atomic E-state index is 0.140. The molecule has 7 heteroatoms. The summed E-state index contributed by atoms with van der Waals surface area (Å²) in [6, 6.07) is 7.77. The van der Waals surface area contributed by atoms with Crippen LogP contribution in [0.15, 0.2) is 39.2 Å². The van der Waals surface area contributed by atoms with Gasteiger partial charge in [0.15, 0.2) is 0 Å². The van der Waals surface area contributed by atoms with E-state index in [1.165, 1.54) is 11.3 Å². The van der Waals surface area contributed by atoms with E-state index in [0.717, 1.165) is 18.4 Å². The molecule has 2 amide bonds. The minimum atomic E-state index is -0.210. The van der Waals surface area contributed by atoms with E-state index in [-0.39, 0.29) is 11.8 Å². The maximum atomic E-state index is 12.7. The summed E-state index contributed by atoms with van der Waals surface area (Å²) >= 11 is 6.50. The standard InChI is InChI=1S/C16H11BrN2O2S2/c1-7-3-4-9(22-7)14-12-11(16(21)19(14)2)13(18-15(12)20)8-5-6-10(17)23-8/h3-6H,1-2H3,(H,18,20). The van der Waals surface area contributed by atoms with Gasteiger partial charge in [0.2, 0.25) is 0 Å². The topological polar surface area (TPSA) is 49.4 Å². The monoisotopic (exact) mass is 406 g/mol. The molecule has 0 saturated carbocycles. The average Bonchev–Trinajstić information content (AvgIpc) is 3.23. The van der Waals surface area contributed by atoms with Crippen LogP contribution in [0, 0.1) is 6.92 Å². The second-order valence-electron chi connectivity index (χ2n) is 5.31. The number of nitrogens with zero attached hydrogens (tertiary/aromatic N) is 1. The normalized spacial score (nSPS) is 17.4. The summed E-state index contributed by atoms with van der Waals surface area (Å²) in [5.41, 5.74) is 2.28. The molecule has 0 saturated heterocycles. The third-order valence-electron chi connectivity index (χ3n) is 3.85. The lowest BCUT2D eigenvalue weighted by atomic mass is 10.1. The Morgan fingerprint density at radius 3 is 2.39 bits per heavy atom. The zero-order valence-corrected chi connectivity index (χ0v) is 15.5. The fourth-order valence-electron chi connectivity index (χ4n) is 2.84. The van der Waals surface area contributed by atoms with Gasteiger partial charge in [0, 0.05) is 11.9 Å². The van der Waals surface area contributed by atoms with E-state index in [2.05, 4.69) is 21.2 Å². The molecule has 4 rings (SSSR count). The number of carbonyl (C=O) groups is 2. The molecule has 2 aromatic heterocycles. The third kappa shape index (κ3) is 2.14. The number of fused-ring (bicyclic) bond motifs is 1. The van der Waals surface area contributed by atoms with Gasteiger partial charge in [0.05, 0.1) is 36.1 Å². The number of likely N-dealkylation sites (N-methyl/N-ethyl adjacent to an activating group) is 1. The van der Waals surface area contributed by atoms with E-state index in [0.29, 0.717) is 22.5 Å². The lowest BCUT2D eigenvalue weighted by Crippen LogP contribution is -2.23.